The summed E-state index contributed by atoms with van der Waals surface area (Å²) in [6.45, 7) is 0.663. The molecule has 0 spiro atoms. The standard InChI is InChI=1S/C13H19NO4/c1-14-7-11(15)10-5-9(8-16-2)6-12(17-3)13(10)18-4/h5-6,14H,7-8H2,1-4H3. The van der Waals surface area contributed by atoms with E-state index in [4.69, 9.17) is 14.2 Å². The van der Waals surface area contributed by atoms with Gasteiger partial charge in [-0.05, 0) is 24.7 Å². The fraction of sp³-hybridized carbons (Fsp3) is 0.462. The maximum atomic E-state index is 12.0. The van der Waals surface area contributed by atoms with Gasteiger partial charge in [0.05, 0.1) is 32.9 Å². The molecule has 0 fully saturated rings. The van der Waals surface area contributed by atoms with Crippen molar-refractivity contribution in [1.82, 2.24) is 5.32 Å². The number of carbonyl (C=O) groups excluding carboxylic acids is 1. The molecule has 0 aliphatic carbocycles. The summed E-state index contributed by atoms with van der Waals surface area (Å²) < 4.78 is 15.6. The fourth-order valence-electron chi connectivity index (χ4n) is 1.73. The summed E-state index contributed by atoms with van der Waals surface area (Å²) in [7, 11) is 6.39. The number of rotatable bonds is 7. The Bertz CT molecular complexity index is 418. The Morgan fingerprint density at radius 3 is 2.44 bits per heavy atom. The molecule has 0 aliphatic rings. The molecule has 0 unspecified atom stereocenters. The van der Waals surface area contributed by atoms with Crippen LogP contribution < -0.4 is 14.8 Å². The number of hydrogen-bond donors (Lipinski definition) is 1. The van der Waals surface area contributed by atoms with E-state index in [1.54, 1.807) is 33.4 Å². The Balaban J connectivity index is 3.25. The van der Waals surface area contributed by atoms with E-state index in [0.717, 1.165) is 5.56 Å². The van der Waals surface area contributed by atoms with E-state index in [1.807, 2.05) is 0 Å². The summed E-state index contributed by atoms with van der Waals surface area (Å²) in [5.41, 5.74) is 1.37. The van der Waals surface area contributed by atoms with Gasteiger partial charge in [-0.1, -0.05) is 0 Å². The summed E-state index contributed by atoms with van der Waals surface area (Å²) in [5.74, 6) is 0.940. The van der Waals surface area contributed by atoms with Crippen molar-refractivity contribution in [3.8, 4) is 11.5 Å². The van der Waals surface area contributed by atoms with E-state index >= 15 is 0 Å². The van der Waals surface area contributed by atoms with Crippen LogP contribution in [0.15, 0.2) is 12.1 Å². The molecule has 5 nitrogen and oxygen atoms in total. The summed E-state index contributed by atoms with van der Waals surface area (Å²) >= 11 is 0. The second-order valence-corrected chi connectivity index (χ2v) is 3.77. The van der Waals surface area contributed by atoms with Crippen LogP contribution in [0.5, 0.6) is 11.5 Å². The minimum atomic E-state index is -0.0504. The van der Waals surface area contributed by atoms with Crippen molar-refractivity contribution in [1.29, 1.82) is 0 Å². The van der Waals surface area contributed by atoms with Crippen molar-refractivity contribution in [3.05, 3.63) is 23.3 Å². The van der Waals surface area contributed by atoms with Gasteiger partial charge >= 0.3 is 0 Å². The van der Waals surface area contributed by atoms with Crippen molar-refractivity contribution in [2.45, 2.75) is 6.61 Å². The number of carbonyl (C=O) groups is 1. The Labute approximate surface area is 107 Å². The first kappa shape index (κ1) is 14.5. The molecule has 0 heterocycles. The third-order valence-electron chi connectivity index (χ3n) is 2.49. The Hall–Kier alpha value is -1.59. The predicted octanol–water partition coefficient (Wildman–Crippen LogP) is 1.25. The zero-order chi connectivity index (χ0) is 13.5. The summed E-state index contributed by atoms with van der Waals surface area (Å²) in [6.07, 6.45) is 0. The highest BCUT2D eigenvalue weighted by Gasteiger charge is 2.17. The van der Waals surface area contributed by atoms with Crippen LogP contribution in [0.1, 0.15) is 15.9 Å². The van der Waals surface area contributed by atoms with Crippen molar-refractivity contribution in [2.24, 2.45) is 0 Å². The van der Waals surface area contributed by atoms with Crippen molar-refractivity contribution in [2.75, 3.05) is 34.9 Å². The van der Waals surface area contributed by atoms with Crippen molar-refractivity contribution in [3.63, 3.8) is 0 Å². The summed E-state index contributed by atoms with van der Waals surface area (Å²) in [4.78, 5) is 12.0. The van der Waals surface area contributed by atoms with E-state index < -0.39 is 0 Å². The molecule has 0 bridgehead atoms. The fourth-order valence-corrected chi connectivity index (χ4v) is 1.73. The normalized spacial score (nSPS) is 10.2. The van der Waals surface area contributed by atoms with Gasteiger partial charge in [0.2, 0.25) is 0 Å². The minimum Gasteiger partial charge on any atom is -0.493 e. The van der Waals surface area contributed by atoms with Gasteiger partial charge in [0.1, 0.15) is 0 Å². The molecule has 0 aromatic heterocycles. The second-order valence-electron chi connectivity index (χ2n) is 3.77. The monoisotopic (exact) mass is 253 g/mol. The first-order chi connectivity index (χ1) is 8.67. The van der Waals surface area contributed by atoms with Crippen LogP contribution in [0.2, 0.25) is 0 Å². The second kappa shape index (κ2) is 6.98. The molecule has 0 saturated carbocycles. The molecule has 0 aliphatic heterocycles. The van der Waals surface area contributed by atoms with Crippen LogP contribution in [-0.4, -0.2) is 40.7 Å². The van der Waals surface area contributed by atoms with Crippen LogP contribution in [0.3, 0.4) is 0 Å². The van der Waals surface area contributed by atoms with E-state index in [9.17, 15) is 4.79 Å². The number of hydrogen-bond acceptors (Lipinski definition) is 5. The lowest BCUT2D eigenvalue weighted by molar-refractivity contribution is 0.0989. The lowest BCUT2D eigenvalue weighted by Crippen LogP contribution is -2.19. The van der Waals surface area contributed by atoms with Crippen molar-refractivity contribution >= 4 is 5.78 Å². The van der Waals surface area contributed by atoms with Gasteiger partial charge < -0.3 is 19.5 Å². The number of methoxy groups -OCH3 is 3. The minimum absolute atomic E-state index is 0.0504. The Kier molecular flexibility index (Phi) is 5.61. The molecule has 1 aromatic carbocycles. The average Bonchev–Trinajstić information content (AvgIpc) is 2.38. The molecule has 0 saturated heterocycles. The van der Waals surface area contributed by atoms with Crippen LogP contribution in [0.25, 0.3) is 0 Å². The Morgan fingerprint density at radius 1 is 1.22 bits per heavy atom. The van der Waals surface area contributed by atoms with E-state index in [1.165, 1.54) is 7.11 Å². The molecule has 100 valence electrons. The van der Waals surface area contributed by atoms with Crippen LogP contribution in [0.4, 0.5) is 0 Å². The average molecular weight is 253 g/mol. The largest absolute Gasteiger partial charge is 0.493 e. The first-order valence-electron chi connectivity index (χ1n) is 5.59. The topological polar surface area (TPSA) is 56.8 Å². The zero-order valence-corrected chi connectivity index (χ0v) is 11.2. The Morgan fingerprint density at radius 2 is 1.94 bits per heavy atom. The molecule has 0 amide bonds. The third kappa shape index (κ3) is 3.21. The molecular weight excluding hydrogens is 234 g/mol. The molecule has 18 heavy (non-hydrogen) atoms. The predicted molar refractivity (Wildman–Crippen MR) is 68.5 cm³/mol. The van der Waals surface area contributed by atoms with Crippen molar-refractivity contribution < 1.29 is 19.0 Å². The molecule has 0 atom stereocenters. The number of ketones is 1. The number of likely N-dealkylation sites (N-methyl/N-ethyl adjacent to an activating group) is 1. The van der Waals surface area contributed by atoms with Crippen LogP contribution >= 0.6 is 0 Å². The number of Topliss-reactive ketones (excluding diaryl/α,β-unsaturated/α-hetero) is 1. The third-order valence-corrected chi connectivity index (χ3v) is 2.49. The molecular formula is C13H19NO4. The first-order valence-corrected chi connectivity index (χ1v) is 5.59. The quantitative estimate of drug-likeness (QED) is 0.741. The highest BCUT2D eigenvalue weighted by Crippen LogP contribution is 2.33. The summed E-state index contributed by atoms with van der Waals surface area (Å²) in [6, 6.07) is 3.57. The molecule has 1 aromatic rings. The van der Waals surface area contributed by atoms with Gasteiger partial charge in [0.25, 0.3) is 0 Å². The van der Waals surface area contributed by atoms with Gasteiger partial charge in [0, 0.05) is 7.11 Å². The maximum Gasteiger partial charge on any atom is 0.180 e. The highest BCUT2D eigenvalue weighted by atomic mass is 16.5. The summed E-state index contributed by atoms with van der Waals surface area (Å²) in [5, 5.41) is 2.83. The lowest BCUT2D eigenvalue weighted by Gasteiger charge is -2.14. The van der Waals surface area contributed by atoms with E-state index in [2.05, 4.69) is 5.32 Å². The van der Waals surface area contributed by atoms with E-state index in [-0.39, 0.29) is 12.3 Å². The SMILES string of the molecule is CNCC(=O)c1cc(COC)cc(OC)c1OC. The van der Waals surface area contributed by atoms with Gasteiger partial charge in [-0.3, -0.25) is 4.79 Å². The lowest BCUT2D eigenvalue weighted by atomic mass is 10.0. The highest BCUT2D eigenvalue weighted by molar-refractivity contribution is 6.01. The van der Waals surface area contributed by atoms with Crippen LogP contribution in [0, 0.1) is 0 Å². The van der Waals surface area contributed by atoms with Gasteiger partial charge in [-0.2, -0.15) is 0 Å². The van der Waals surface area contributed by atoms with Crippen LogP contribution in [-0.2, 0) is 11.3 Å². The molecule has 1 rings (SSSR count). The number of ether oxygens (including phenoxy) is 3. The maximum absolute atomic E-state index is 12.0. The molecule has 5 heteroatoms. The molecule has 0 radical (unpaired) electrons. The smallest absolute Gasteiger partial charge is 0.180 e. The van der Waals surface area contributed by atoms with E-state index in [0.29, 0.717) is 23.7 Å². The van der Waals surface area contributed by atoms with Gasteiger partial charge in [-0.15, -0.1) is 0 Å². The van der Waals surface area contributed by atoms with Gasteiger partial charge in [0.15, 0.2) is 17.3 Å². The number of nitrogens with one attached hydrogen (secondary N) is 1. The number of benzene rings is 1. The zero-order valence-electron chi connectivity index (χ0n) is 11.2. The molecule has 1 N–H and O–H groups in total. The van der Waals surface area contributed by atoms with Gasteiger partial charge in [-0.25, -0.2) is 0 Å².